The minimum atomic E-state index is -0.0489. The van der Waals surface area contributed by atoms with Gasteiger partial charge in [-0.15, -0.1) is 5.10 Å². The maximum absolute atomic E-state index is 11.1. The number of imidazole rings is 1. The van der Waals surface area contributed by atoms with Gasteiger partial charge in [0.15, 0.2) is 5.17 Å². The molecule has 1 aromatic heterocycles. The number of hydrogen-bond donors (Lipinski definition) is 1. The van der Waals surface area contributed by atoms with Crippen molar-refractivity contribution < 1.29 is 9.53 Å². The van der Waals surface area contributed by atoms with Crippen molar-refractivity contribution in [3.8, 4) is 5.75 Å². The van der Waals surface area contributed by atoms with Crippen LogP contribution in [0.25, 0.3) is 0 Å². The van der Waals surface area contributed by atoms with Crippen LogP contribution in [-0.4, -0.2) is 39.2 Å². The minimum Gasteiger partial charge on any atom is -0.491 e. The molecule has 0 unspecified atom stereocenters. The van der Waals surface area contributed by atoms with Crippen LogP contribution in [0.5, 0.6) is 5.75 Å². The summed E-state index contributed by atoms with van der Waals surface area (Å²) in [5.41, 5.74) is 0.830. The van der Waals surface area contributed by atoms with Gasteiger partial charge in [-0.2, -0.15) is 5.10 Å². The summed E-state index contributed by atoms with van der Waals surface area (Å²) >= 11 is 1.34. The van der Waals surface area contributed by atoms with Crippen LogP contribution in [-0.2, 0) is 11.3 Å². The maximum atomic E-state index is 11.1. The predicted molar refractivity (Wildman–Crippen MR) is 89.8 cm³/mol. The van der Waals surface area contributed by atoms with E-state index in [0.29, 0.717) is 17.5 Å². The molecule has 1 N–H and O–H groups in total. The normalized spacial score (nSPS) is 16.2. The molecule has 1 aromatic carbocycles. The zero-order valence-electron chi connectivity index (χ0n) is 12.3. The van der Waals surface area contributed by atoms with E-state index in [0.717, 1.165) is 17.9 Å². The summed E-state index contributed by atoms with van der Waals surface area (Å²) in [6.45, 7) is 1.25. The van der Waals surface area contributed by atoms with Crippen LogP contribution in [0.4, 0.5) is 0 Å². The number of carbonyl (C=O) groups is 1. The first-order valence-electron chi connectivity index (χ1n) is 7.02. The first kappa shape index (κ1) is 15.3. The number of nitrogens with zero attached hydrogens (tertiary/aromatic N) is 4. The molecule has 1 saturated heterocycles. The van der Waals surface area contributed by atoms with E-state index in [1.165, 1.54) is 11.8 Å². The Morgan fingerprint density at radius 1 is 1.43 bits per heavy atom. The summed E-state index contributed by atoms with van der Waals surface area (Å²) in [4.78, 5) is 15.1. The molecule has 23 heavy (non-hydrogen) atoms. The molecule has 1 aliphatic rings. The third-order valence-electron chi connectivity index (χ3n) is 3.02. The van der Waals surface area contributed by atoms with Gasteiger partial charge in [-0.25, -0.2) is 4.98 Å². The van der Waals surface area contributed by atoms with Crippen molar-refractivity contribution in [1.82, 2.24) is 14.9 Å². The highest BCUT2D eigenvalue weighted by molar-refractivity contribution is 8.15. The molecule has 1 fully saturated rings. The largest absolute Gasteiger partial charge is 0.491 e. The number of rotatable bonds is 6. The Balaban J connectivity index is 1.60. The summed E-state index contributed by atoms with van der Waals surface area (Å²) in [5.74, 6) is 1.08. The summed E-state index contributed by atoms with van der Waals surface area (Å²) in [6.07, 6.45) is 6.99. The van der Waals surface area contributed by atoms with Gasteiger partial charge in [-0.3, -0.25) is 4.79 Å². The Bertz CT molecular complexity index is 727. The van der Waals surface area contributed by atoms with Crippen molar-refractivity contribution in [1.29, 1.82) is 0 Å². The van der Waals surface area contributed by atoms with Crippen molar-refractivity contribution in [2.24, 2.45) is 10.2 Å². The van der Waals surface area contributed by atoms with Crippen LogP contribution >= 0.6 is 11.8 Å². The molecule has 8 heteroatoms. The lowest BCUT2D eigenvalue weighted by molar-refractivity contribution is -0.116. The Morgan fingerprint density at radius 3 is 3.13 bits per heavy atom. The molecule has 2 aromatic rings. The van der Waals surface area contributed by atoms with E-state index in [9.17, 15) is 4.79 Å². The number of amidine groups is 1. The van der Waals surface area contributed by atoms with Gasteiger partial charge >= 0.3 is 0 Å². The van der Waals surface area contributed by atoms with Crippen LogP contribution in [0.1, 0.15) is 5.56 Å². The summed E-state index contributed by atoms with van der Waals surface area (Å²) in [7, 11) is 0. The first-order chi connectivity index (χ1) is 11.3. The van der Waals surface area contributed by atoms with Crippen molar-refractivity contribution in [3.63, 3.8) is 0 Å². The number of amides is 1. The fourth-order valence-electron chi connectivity index (χ4n) is 1.92. The van der Waals surface area contributed by atoms with E-state index < -0.39 is 0 Å². The van der Waals surface area contributed by atoms with Gasteiger partial charge in [-0.1, -0.05) is 23.9 Å². The SMILES string of the molecule is O=C1CSC(=NN=Cc2ccccc2OCCn2ccnc2)N1. The smallest absolute Gasteiger partial charge is 0.236 e. The number of carbonyl (C=O) groups excluding carboxylic acids is 1. The average Bonchev–Trinajstić information content (AvgIpc) is 3.21. The average molecular weight is 329 g/mol. The van der Waals surface area contributed by atoms with E-state index in [1.807, 2.05) is 35.0 Å². The molecule has 3 rings (SSSR count). The van der Waals surface area contributed by atoms with Crippen LogP contribution < -0.4 is 10.1 Å². The monoisotopic (exact) mass is 329 g/mol. The van der Waals surface area contributed by atoms with E-state index in [2.05, 4.69) is 20.5 Å². The third-order valence-corrected chi connectivity index (χ3v) is 3.88. The Labute approximate surface area is 137 Å². The number of thioether (sulfide) groups is 1. The number of benzene rings is 1. The van der Waals surface area contributed by atoms with Gasteiger partial charge in [0.25, 0.3) is 0 Å². The molecule has 0 atom stereocenters. The zero-order chi connectivity index (χ0) is 15.9. The Hall–Kier alpha value is -2.61. The van der Waals surface area contributed by atoms with Crippen molar-refractivity contribution in [3.05, 3.63) is 48.5 Å². The molecule has 118 valence electrons. The van der Waals surface area contributed by atoms with Crippen molar-refractivity contribution in [2.45, 2.75) is 6.54 Å². The second-order valence-electron chi connectivity index (χ2n) is 4.67. The number of aromatic nitrogens is 2. The molecule has 1 aliphatic heterocycles. The number of para-hydroxylation sites is 1. The van der Waals surface area contributed by atoms with Crippen LogP contribution in [0.15, 0.2) is 53.2 Å². The molecule has 0 aliphatic carbocycles. The minimum absolute atomic E-state index is 0.0489. The van der Waals surface area contributed by atoms with E-state index in [1.54, 1.807) is 18.7 Å². The van der Waals surface area contributed by atoms with Gasteiger partial charge in [-0.05, 0) is 12.1 Å². The summed E-state index contributed by atoms with van der Waals surface area (Å²) < 4.78 is 7.73. The van der Waals surface area contributed by atoms with Crippen molar-refractivity contribution >= 4 is 29.1 Å². The second-order valence-corrected chi connectivity index (χ2v) is 5.64. The van der Waals surface area contributed by atoms with Crippen LogP contribution in [0, 0.1) is 0 Å². The lowest BCUT2D eigenvalue weighted by Gasteiger charge is -2.08. The molecule has 0 radical (unpaired) electrons. The summed E-state index contributed by atoms with van der Waals surface area (Å²) in [6, 6.07) is 7.59. The quantitative estimate of drug-likeness (QED) is 0.643. The molecule has 7 nitrogen and oxygen atoms in total. The molecular formula is C15H15N5O2S. The van der Waals surface area contributed by atoms with Gasteiger partial charge < -0.3 is 14.6 Å². The maximum Gasteiger partial charge on any atom is 0.236 e. The Morgan fingerprint density at radius 2 is 2.35 bits per heavy atom. The van der Waals surface area contributed by atoms with Crippen molar-refractivity contribution in [2.75, 3.05) is 12.4 Å². The molecule has 0 bridgehead atoms. The highest BCUT2D eigenvalue weighted by atomic mass is 32.2. The van der Waals surface area contributed by atoms with E-state index in [4.69, 9.17) is 4.74 Å². The van der Waals surface area contributed by atoms with Gasteiger partial charge in [0, 0.05) is 18.0 Å². The second kappa shape index (κ2) is 7.59. The first-order valence-corrected chi connectivity index (χ1v) is 8.01. The van der Waals surface area contributed by atoms with Gasteiger partial charge in [0.2, 0.25) is 5.91 Å². The standard InChI is InChI=1S/C15H15N5O2S/c21-14-10-23-15(18-14)19-17-9-12-3-1-2-4-13(12)22-8-7-20-6-5-16-11-20/h1-6,9,11H,7-8,10H2,(H,18,19,21). The molecule has 0 saturated carbocycles. The highest BCUT2D eigenvalue weighted by Gasteiger charge is 2.15. The van der Waals surface area contributed by atoms with Gasteiger partial charge in [0.1, 0.15) is 12.4 Å². The van der Waals surface area contributed by atoms with Crippen LogP contribution in [0.3, 0.4) is 0 Å². The fraction of sp³-hybridized carbons (Fsp3) is 0.200. The third kappa shape index (κ3) is 4.43. The fourth-order valence-corrected chi connectivity index (χ4v) is 2.55. The molecule has 0 spiro atoms. The zero-order valence-corrected chi connectivity index (χ0v) is 13.1. The summed E-state index contributed by atoms with van der Waals surface area (Å²) in [5, 5.41) is 11.1. The molecule has 2 heterocycles. The lowest BCUT2D eigenvalue weighted by Crippen LogP contribution is -2.19. The van der Waals surface area contributed by atoms with Gasteiger partial charge in [0.05, 0.1) is 24.8 Å². The lowest BCUT2D eigenvalue weighted by atomic mass is 10.2. The number of ether oxygens (including phenoxy) is 1. The highest BCUT2D eigenvalue weighted by Crippen LogP contribution is 2.16. The molecule has 1 amide bonds. The predicted octanol–water partition coefficient (Wildman–Crippen LogP) is 1.51. The topological polar surface area (TPSA) is 80.9 Å². The van der Waals surface area contributed by atoms with Crippen LogP contribution in [0.2, 0.25) is 0 Å². The number of nitrogens with one attached hydrogen (secondary N) is 1. The number of hydrogen-bond acceptors (Lipinski definition) is 6. The molecular weight excluding hydrogens is 314 g/mol. The Kier molecular flexibility index (Phi) is 5.05. The van der Waals surface area contributed by atoms with E-state index >= 15 is 0 Å². The van der Waals surface area contributed by atoms with E-state index in [-0.39, 0.29) is 5.91 Å².